The molecule has 2 aromatic rings. The van der Waals surface area contributed by atoms with Gasteiger partial charge in [-0.25, -0.2) is 0 Å². The van der Waals surface area contributed by atoms with Crippen LogP contribution in [0, 0.1) is 0 Å². The van der Waals surface area contributed by atoms with Gasteiger partial charge in [0, 0.05) is 0 Å². The van der Waals surface area contributed by atoms with Crippen LogP contribution >= 0.6 is 0 Å². The van der Waals surface area contributed by atoms with E-state index in [2.05, 4.69) is 81.1 Å². The normalized spacial score (nSPS) is 11.8. The van der Waals surface area contributed by atoms with Crippen LogP contribution in [0.25, 0.3) is 0 Å². The molecule has 2 aromatic carbocycles. The summed E-state index contributed by atoms with van der Waals surface area (Å²) in [6, 6.07) is 22.7. The van der Waals surface area contributed by atoms with Gasteiger partial charge in [0.25, 0.3) is 0 Å². The van der Waals surface area contributed by atoms with Crippen LogP contribution in [0.2, 0.25) is 12.1 Å². The second-order valence-electron chi connectivity index (χ2n) is 6.92. The summed E-state index contributed by atoms with van der Waals surface area (Å²) in [5, 5.41) is 3.20. The molecule has 0 fully saturated rings. The Hall–Kier alpha value is -1.34. The highest BCUT2D eigenvalue weighted by molar-refractivity contribution is 7.02. The minimum Gasteiger partial charge on any atom is -0.0654 e. The molecule has 0 amide bonds. The molecule has 0 aliphatic heterocycles. The maximum Gasteiger partial charge on any atom is 0.118 e. The predicted molar refractivity (Wildman–Crippen MR) is 107 cm³/mol. The van der Waals surface area contributed by atoms with Crippen LogP contribution in [-0.2, 0) is 0 Å². The molecule has 0 saturated carbocycles. The molecule has 0 N–H and O–H groups in total. The monoisotopic (exact) mass is 324 g/mol. The highest BCUT2D eigenvalue weighted by atomic mass is 28.3. The first-order chi connectivity index (χ1) is 11.2. The Balaban J connectivity index is 2.46. The molecule has 0 spiro atoms. The van der Waals surface area contributed by atoms with Gasteiger partial charge in [-0.05, 0) is 5.54 Å². The first-order valence-corrected chi connectivity index (χ1v) is 11.9. The fourth-order valence-electron chi connectivity index (χ4n) is 3.83. The average Bonchev–Trinajstić information content (AvgIpc) is 2.62. The van der Waals surface area contributed by atoms with Gasteiger partial charge in [0.2, 0.25) is 0 Å². The molecular weight excluding hydrogens is 292 g/mol. The molecule has 0 aliphatic carbocycles. The zero-order valence-corrected chi connectivity index (χ0v) is 16.1. The summed E-state index contributed by atoms with van der Waals surface area (Å²) in [7, 11) is -1.71. The van der Waals surface area contributed by atoms with Crippen molar-refractivity contribution in [3.8, 4) is 0 Å². The van der Waals surface area contributed by atoms with E-state index in [1.165, 1.54) is 38.5 Å². The molecule has 0 unspecified atom stereocenters. The van der Waals surface area contributed by atoms with Crippen molar-refractivity contribution >= 4 is 18.4 Å². The van der Waals surface area contributed by atoms with Gasteiger partial charge in [0.05, 0.1) is 0 Å². The molecule has 0 aliphatic rings. The van der Waals surface area contributed by atoms with Crippen LogP contribution in [0.5, 0.6) is 0 Å². The van der Waals surface area contributed by atoms with Crippen molar-refractivity contribution in [2.75, 3.05) is 0 Å². The van der Waals surface area contributed by atoms with Crippen molar-refractivity contribution in [3.63, 3.8) is 0 Å². The van der Waals surface area contributed by atoms with E-state index in [0.717, 1.165) is 5.54 Å². The van der Waals surface area contributed by atoms with E-state index in [1.807, 2.05) is 0 Å². The van der Waals surface area contributed by atoms with Gasteiger partial charge >= 0.3 is 0 Å². The first kappa shape index (κ1) is 18.0. The van der Waals surface area contributed by atoms with E-state index in [9.17, 15) is 0 Å². The summed E-state index contributed by atoms with van der Waals surface area (Å²) in [5.74, 6) is 0. The molecule has 0 aromatic heterocycles. The quantitative estimate of drug-likeness (QED) is 0.524. The molecule has 0 atom stereocenters. The second kappa shape index (κ2) is 9.07. The van der Waals surface area contributed by atoms with Crippen LogP contribution in [0.4, 0.5) is 0 Å². The van der Waals surface area contributed by atoms with E-state index in [1.54, 1.807) is 10.4 Å². The minimum atomic E-state index is -1.71. The zero-order valence-electron chi connectivity index (χ0n) is 15.1. The van der Waals surface area contributed by atoms with Crippen molar-refractivity contribution in [1.82, 2.24) is 0 Å². The van der Waals surface area contributed by atoms with Crippen molar-refractivity contribution in [1.29, 1.82) is 0 Å². The molecule has 1 heteroatoms. The molecule has 0 bridgehead atoms. The van der Waals surface area contributed by atoms with Crippen LogP contribution in [-0.4, -0.2) is 8.07 Å². The summed E-state index contributed by atoms with van der Waals surface area (Å²) in [6.07, 6.45) is 8.08. The van der Waals surface area contributed by atoms with Crippen molar-refractivity contribution in [2.45, 2.75) is 64.5 Å². The Morgan fingerprint density at radius 2 is 1.09 bits per heavy atom. The number of benzene rings is 2. The largest absolute Gasteiger partial charge is 0.118 e. The third kappa shape index (κ3) is 4.35. The lowest BCUT2D eigenvalue weighted by atomic mass is 10.1. The van der Waals surface area contributed by atoms with Crippen LogP contribution in [0.3, 0.4) is 0 Å². The highest BCUT2D eigenvalue weighted by Gasteiger charge is 2.39. The number of rotatable bonds is 9. The summed E-state index contributed by atoms with van der Waals surface area (Å²) in [4.78, 5) is 0. The Labute approximate surface area is 144 Å². The van der Waals surface area contributed by atoms with Gasteiger partial charge in [0.15, 0.2) is 0 Å². The standard InChI is InChI=1S/C22H32Si/c1-4-6-14-20(15-7-5-2)23(3,21-16-10-8-11-17-21)22-18-12-9-13-19-22/h8-13,16-20H,4-7,14-15H2,1-3H3. The molecule has 124 valence electrons. The van der Waals surface area contributed by atoms with Crippen LogP contribution in [0.15, 0.2) is 60.7 Å². The van der Waals surface area contributed by atoms with E-state index in [-0.39, 0.29) is 0 Å². The lowest BCUT2D eigenvalue weighted by Gasteiger charge is -2.37. The summed E-state index contributed by atoms with van der Waals surface area (Å²) >= 11 is 0. The van der Waals surface area contributed by atoms with Gasteiger partial charge in [-0.15, -0.1) is 0 Å². The number of hydrogen-bond donors (Lipinski definition) is 0. The van der Waals surface area contributed by atoms with Crippen LogP contribution < -0.4 is 10.4 Å². The topological polar surface area (TPSA) is 0 Å². The maximum atomic E-state index is 2.60. The van der Waals surface area contributed by atoms with E-state index < -0.39 is 8.07 Å². The lowest BCUT2D eigenvalue weighted by Crippen LogP contribution is -2.59. The highest BCUT2D eigenvalue weighted by Crippen LogP contribution is 2.32. The SMILES string of the molecule is CCCCC(CCCC)[Si](C)(c1ccccc1)c1ccccc1. The predicted octanol–water partition coefficient (Wildman–Crippen LogP) is 5.63. The molecular formula is C22H32Si. The Kier molecular flexibility index (Phi) is 7.10. The lowest BCUT2D eigenvalue weighted by molar-refractivity contribution is 0.590. The molecule has 0 heterocycles. The summed E-state index contributed by atoms with van der Waals surface area (Å²) in [5.41, 5.74) is 0.840. The molecule has 0 nitrogen and oxygen atoms in total. The van der Waals surface area contributed by atoms with Gasteiger partial charge < -0.3 is 0 Å². The molecule has 23 heavy (non-hydrogen) atoms. The third-order valence-corrected chi connectivity index (χ3v) is 10.7. The minimum absolute atomic E-state index is 0.840. The number of unbranched alkanes of at least 4 members (excludes halogenated alkanes) is 2. The maximum absolute atomic E-state index is 2.60. The average molecular weight is 325 g/mol. The Morgan fingerprint density at radius 1 is 0.696 bits per heavy atom. The van der Waals surface area contributed by atoms with E-state index in [0.29, 0.717) is 0 Å². The molecule has 0 radical (unpaired) electrons. The van der Waals surface area contributed by atoms with Gasteiger partial charge in [-0.1, -0.05) is 130 Å². The Morgan fingerprint density at radius 3 is 1.43 bits per heavy atom. The van der Waals surface area contributed by atoms with Crippen LogP contribution in [0.1, 0.15) is 52.4 Å². The van der Waals surface area contributed by atoms with Crippen molar-refractivity contribution < 1.29 is 0 Å². The van der Waals surface area contributed by atoms with Gasteiger partial charge in [0.1, 0.15) is 8.07 Å². The second-order valence-corrected chi connectivity index (χ2v) is 11.3. The van der Waals surface area contributed by atoms with E-state index in [4.69, 9.17) is 0 Å². The number of hydrogen-bond acceptors (Lipinski definition) is 0. The zero-order chi connectivity index (χ0) is 16.5. The summed E-state index contributed by atoms with van der Waals surface area (Å²) in [6.45, 7) is 7.25. The fraction of sp³-hybridized carbons (Fsp3) is 0.455. The van der Waals surface area contributed by atoms with E-state index >= 15 is 0 Å². The molecule has 2 rings (SSSR count). The first-order valence-electron chi connectivity index (χ1n) is 9.34. The van der Waals surface area contributed by atoms with Gasteiger partial charge in [-0.2, -0.15) is 0 Å². The third-order valence-electron chi connectivity index (χ3n) is 5.38. The van der Waals surface area contributed by atoms with Gasteiger partial charge in [-0.3, -0.25) is 0 Å². The summed E-state index contributed by atoms with van der Waals surface area (Å²) < 4.78 is 0. The van der Waals surface area contributed by atoms with Crippen molar-refractivity contribution in [3.05, 3.63) is 60.7 Å². The fourth-order valence-corrected chi connectivity index (χ4v) is 8.44. The smallest absolute Gasteiger partial charge is 0.0654 e. The van der Waals surface area contributed by atoms with Crippen molar-refractivity contribution in [2.24, 2.45) is 0 Å². The Bertz CT molecular complexity index is 499. The molecule has 0 saturated heterocycles.